The Morgan fingerprint density at radius 2 is 1.92 bits per heavy atom. The van der Waals surface area contributed by atoms with E-state index in [0.29, 0.717) is 19.3 Å². The van der Waals surface area contributed by atoms with E-state index in [-0.39, 0.29) is 17.7 Å². The van der Waals surface area contributed by atoms with Crippen LogP contribution in [0.25, 0.3) is 0 Å². The summed E-state index contributed by atoms with van der Waals surface area (Å²) in [5.74, 6) is -0.183. The number of carbonyl (C=O) groups excluding carboxylic acids is 2. The molecule has 1 heterocycles. The molecule has 4 heteroatoms. The average Bonchev–Trinajstić information content (AvgIpc) is 2.62. The number of hydrogen-bond acceptors (Lipinski definition) is 2. The second kappa shape index (κ2) is 7.97. The lowest BCUT2D eigenvalue weighted by Gasteiger charge is -2.24. The second-order valence-electron chi connectivity index (χ2n) is 6.58. The summed E-state index contributed by atoms with van der Waals surface area (Å²) in [5, 5.41) is 5.85. The Labute approximate surface area is 148 Å². The van der Waals surface area contributed by atoms with E-state index < -0.39 is 0 Å². The quantitative estimate of drug-likeness (QED) is 0.832. The molecular formula is C21H24N2O2. The molecule has 0 spiro atoms. The maximum absolute atomic E-state index is 12.2. The molecule has 2 aromatic rings. The number of nitrogens with one attached hydrogen (secondary N) is 2. The van der Waals surface area contributed by atoms with Gasteiger partial charge in [-0.2, -0.15) is 0 Å². The van der Waals surface area contributed by atoms with Crippen LogP contribution in [0.5, 0.6) is 0 Å². The van der Waals surface area contributed by atoms with Crippen LogP contribution in [0, 0.1) is 5.92 Å². The third-order valence-electron chi connectivity index (χ3n) is 4.61. The molecule has 3 rings (SSSR count). The molecule has 2 N–H and O–H groups in total. The lowest BCUT2D eigenvalue weighted by molar-refractivity contribution is -0.121. The minimum Gasteiger partial charge on any atom is -0.326 e. The molecule has 1 aliphatic rings. The van der Waals surface area contributed by atoms with Gasteiger partial charge in [-0.25, -0.2) is 0 Å². The topological polar surface area (TPSA) is 58.2 Å². The van der Waals surface area contributed by atoms with Crippen LogP contribution >= 0.6 is 0 Å². The Hall–Kier alpha value is -2.62. The summed E-state index contributed by atoms with van der Waals surface area (Å²) in [4.78, 5) is 24.4. The summed E-state index contributed by atoms with van der Waals surface area (Å²) < 4.78 is 0. The monoisotopic (exact) mass is 336 g/mol. The summed E-state index contributed by atoms with van der Waals surface area (Å²) in [6.07, 6.45) is 3.75. The molecule has 0 radical (unpaired) electrons. The average molecular weight is 336 g/mol. The van der Waals surface area contributed by atoms with E-state index in [1.807, 2.05) is 48.5 Å². The first-order chi connectivity index (χ1) is 12.2. The number of benzene rings is 2. The molecule has 1 atom stereocenters. The van der Waals surface area contributed by atoms with Crippen molar-refractivity contribution in [2.75, 3.05) is 10.6 Å². The fraction of sp³-hybridized carbons (Fsp3) is 0.333. The predicted molar refractivity (Wildman–Crippen MR) is 101 cm³/mol. The highest BCUT2D eigenvalue weighted by molar-refractivity contribution is 5.96. The first-order valence-electron chi connectivity index (χ1n) is 8.93. The number of fused-ring (bicyclic) bond motifs is 1. The van der Waals surface area contributed by atoms with Gasteiger partial charge in [-0.05, 0) is 48.6 Å². The molecule has 0 bridgehead atoms. The molecule has 1 aliphatic heterocycles. The number of anilines is 2. The summed E-state index contributed by atoms with van der Waals surface area (Å²) in [5.41, 5.74) is 4.11. The van der Waals surface area contributed by atoms with Crippen LogP contribution in [-0.2, 0) is 22.4 Å². The smallest absolute Gasteiger partial charge is 0.227 e. The van der Waals surface area contributed by atoms with E-state index in [1.54, 1.807) is 0 Å². The van der Waals surface area contributed by atoms with Crippen molar-refractivity contribution in [3.05, 3.63) is 59.7 Å². The predicted octanol–water partition coefficient (Wildman–Crippen LogP) is 4.17. The van der Waals surface area contributed by atoms with Gasteiger partial charge in [0.05, 0.1) is 0 Å². The van der Waals surface area contributed by atoms with Gasteiger partial charge < -0.3 is 10.6 Å². The van der Waals surface area contributed by atoms with E-state index in [4.69, 9.17) is 0 Å². The van der Waals surface area contributed by atoms with Gasteiger partial charge in [0.1, 0.15) is 0 Å². The molecular weight excluding hydrogens is 312 g/mol. The molecule has 2 aromatic carbocycles. The standard InChI is InChI=1S/C21H24N2O2/c1-2-5-15-8-11-18(12-9-15)22-20(24)13-10-17-14-16-6-3-4-7-19(16)23-21(17)25/h3-4,6-9,11-12,17H,2,5,10,13-14H2,1H3,(H,22,24)(H,23,25)/t17-/m0/s1. The molecule has 0 aliphatic carbocycles. The van der Waals surface area contributed by atoms with Crippen LogP contribution in [0.15, 0.2) is 48.5 Å². The molecule has 0 fully saturated rings. The van der Waals surface area contributed by atoms with Crippen molar-refractivity contribution in [3.63, 3.8) is 0 Å². The highest BCUT2D eigenvalue weighted by atomic mass is 16.2. The van der Waals surface area contributed by atoms with Crippen molar-refractivity contribution in [3.8, 4) is 0 Å². The molecule has 0 saturated heterocycles. The first kappa shape index (κ1) is 17.2. The van der Waals surface area contributed by atoms with Gasteiger partial charge in [0.2, 0.25) is 11.8 Å². The number of carbonyl (C=O) groups is 2. The summed E-state index contributed by atoms with van der Waals surface area (Å²) in [6.45, 7) is 2.15. The minimum absolute atomic E-state index is 0.00965. The van der Waals surface area contributed by atoms with Crippen LogP contribution in [0.1, 0.15) is 37.3 Å². The molecule has 130 valence electrons. The molecule has 0 unspecified atom stereocenters. The number of aryl methyl sites for hydroxylation is 1. The number of hydrogen-bond donors (Lipinski definition) is 2. The van der Waals surface area contributed by atoms with E-state index >= 15 is 0 Å². The Kier molecular flexibility index (Phi) is 5.49. The Bertz CT molecular complexity index is 753. The van der Waals surface area contributed by atoms with Crippen molar-refractivity contribution in [2.45, 2.75) is 39.0 Å². The van der Waals surface area contributed by atoms with Crippen LogP contribution in [0.3, 0.4) is 0 Å². The van der Waals surface area contributed by atoms with E-state index in [0.717, 1.165) is 29.8 Å². The van der Waals surface area contributed by atoms with Gasteiger partial charge in [0, 0.05) is 23.7 Å². The van der Waals surface area contributed by atoms with Crippen LogP contribution in [0.4, 0.5) is 11.4 Å². The SMILES string of the molecule is CCCc1ccc(NC(=O)CC[C@H]2Cc3ccccc3NC2=O)cc1. The summed E-state index contributed by atoms with van der Waals surface area (Å²) in [7, 11) is 0. The highest BCUT2D eigenvalue weighted by Crippen LogP contribution is 2.27. The zero-order valence-corrected chi connectivity index (χ0v) is 14.5. The Balaban J connectivity index is 1.51. The zero-order chi connectivity index (χ0) is 17.6. The van der Waals surface area contributed by atoms with Crippen LogP contribution < -0.4 is 10.6 Å². The minimum atomic E-state index is -0.146. The Morgan fingerprint density at radius 1 is 1.16 bits per heavy atom. The maximum atomic E-state index is 12.2. The van der Waals surface area contributed by atoms with Crippen molar-refractivity contribution in [1.29, 1.82) is 0 Å². The van der Waals surface area contributed by atoms with Gasteiger partial charge in [-0.3, -0.25) is 9.59 Å². The third kappa shape index (κ3) is 4.47. The lowest BCUT2D eigenvalue weighted by Crippen LogP contribution is -2.30. The van der Waals surface area contributed by atoms with Crippen molar-refractivity contribution < 1.29 is 9.59 Å². The molecule has 4 nitrogen and oxygen atoms in total. The van der Waals surface area contributed by atoms with Crippen LogP contribution in [0.2, 0.25) is 0 Å². The summed E-state index contributed by atoms with van der Waals surface area (Å²) >= 11 is 0. The fourth-order valence-corrected chi connectivity index (χ4v) is 3.22. The largest absolute Gasteiger partial charge is 0.326 e. The highest BCUT2D eigenvalue weighted by Gasteiger charge is 2.26. The van der Waals surface area contributed by atoms with E-state index in [2.05, 4.69) is 17.6 Å². The normalized spacial score (nSPS) is 16.0. The number of amides is 2. The van der Waals surface area contributed by atoms with Gasteiger partial charge in [-0.1, -0.05) is 43.7 Å². The van der Waals surface area contributed by atoms with Gasteiger partial charge in [0.15, 0.2) is 0 Å². The molecule has 2 amide bonds. The van der Waals surface area contributed by atoms with Crippen molar-refractivity contribution >= 4 is 23.2 Å². The van der Waals surface area contributed by atoms with Crippen molar-refractivity contribution in [2.24, 2.45) is 5.92 Å². The Morgan fingerprint density at radius 3 is 2.68 bits per heavy atom. The summed E-state index contributed by atoms with van der Waals surface area (Å²) in [6, 6.07) is 15.8. The molecule has 0 aromatic heterocycles. The maximum Gasteiger partial charge on any atom is 0.227 e. The van der Waals surface area contributed by atoms with Crippen LogP contribution in [-0.4, -0.2) is 11.8 Å². The fourth-order valence-electron chi connectivity index (χ4n) is 3.22. The van der Waals surface area contributed by atoms with Gasteiger partial charge in [-0.15, -0.1) is 0 Å². The lowest BCUT2D eigenvalue weighted by atomic mass is 9.89. The zero-order valence-electron chi connectivity index (χ0n) is 14.5. The molecule has 25 heavy (non-hydrogen) atoms. The molecule has 0 saturated carbocycles. The van der Waals surface area contributed by atoms with Gasteiger partial charge in [0.25, 0.3) is 0 Å². The third-order valence-corrected chi connectivity index (χ3v) is 4.61. The first-order valence-corrected chi connectivity index (χ1v) is 8.93. The van der Waals surface area contributed by atoms with Crippen molar-refractivity contribution in [1.82, 2.24) is 0 Å². The number of rotatable bonds is 6. The second-order valence-corrected chi connectivity index (χ2v) is 6.58. The van der Waals surface area contributed by atoms with Gasteiger partial charge >= 0.3 is 0 Å². The van der Waals surface area contributed by atoms with E-state index in [1.165, 1.54) is 5.56 Å². The van der Waals surface area contributed by atoms with E-state index in [9.17, 15) is 9.59 Å². The number of para-hydroxylation sites is 1.